The van der Waals surface area contributed by atoms with Gasteiger partial charge in [-0.1, -0.05) is 44.0 Å². The van der Waals surface area contributed by atoms with Crippen LogP contribution in [0.5, 0.6) is 0 Å². The van der Waals surface area contributed by atoms with Gasteiger partial charge in [0.1, 0.15) is 6.26 Å². The third-order valence-electron chi connectivity index (χ3n) is 6.71. The summed E-state index contributed by atoms with van der Waals surface area (Å²) in [6, 6.07) is 8.03. The van der Waals surface area contributed by atoms with E-state index in [4.69, 9.17) is 14.3 Å². The number of aliphatic carboxylic acids is 1. The van der Waals surface area contributed by atoms with Gasteiger partial charge in [-0.25, -0.2) is 4.98 Å². The van der Waals surface area contributed by atoms with Crippen LogP contribution in [0.15, 0.2) is 34.9 Å². The molecule has 2 saturated heterocycles. The Labute approximate surface area is 237 Å². The number of carbonyl (C=O) groups is 2. The molecule has 1 aromatic carbocycles. The van der Waals surface area contributed by atoms with Crippen molar-refractivity contribution >= 4 is 63.3 Å². The number of unbranched alkanes of at least 4 members (excludes halogenated alkanes) is 2. The molecule has 1 aromatic heterocycles. The summed E-state index contributed by atoms with van der Waals surface area (Å²) in [5.41, 5.74) is 2.54. The normalized spacial score (nSPS) is 23.3. The maximum absolute atomic E-state index is 12.4. The molecule has 2 aliphatic rings. The molecule has 2 aliphatic heterocycles. The quantitative estimate of drug-likeness (QED) is 0.377. The summed E-state index contributed by atoms with van der Waals surface area (Å²) in [6.45, 7) is 2.77. The van der Waals surface area contributed by atoms with E-state index in [2.05, 4.69) is 23.3 Å². The number of carboxylic acids is 1. The van der Waals surface area contributed by atoms with Crippen LogP contribution < -0.4 is 5.32 Å². The second-order valence-electron chi connectivity index (χ2n) is 8.88. The second-order valence-corrected chi connectivity index (χ2v) is 8.88. The van der Waals surface area contributed by atoms with E-state index in [0.29, 0.717) is 24.6 Å². The van der Waals surface area contributed by atoms with Gasteiger partial charge < -0.3 is 19.6 Å². The van der Waals surface area contributed by atoms with E-state index in [9.17, 15) is 9.59 Å². The van der Waals surface area contributed by atoms with Crippen molar-refractivity contribution in [2.45, 2.75) is 76.4 Å². The number of amides is 1. The average molecular weight is 481 g/mol. The van der Waals surface area contributed by atoms with Crippen LogP contribution in [0.4, 0.5) is 0 Å². The Morgan fingerprint density at radius 3 is 2.67 bits per heavy atom. The minimum absolute atomic E-state index is 0. The fourth-order valence-electron chi connectivity index (χ4n) is 5.08. The molecule has 0 spiro atoms. The number of benzene rings is 1. The summed E-state index contributed by atoms with van der Waals surface area (Å²) < 4.78 is 12.0. The molecule has 7 nitrogen and oxygen atoms in total. The van der Waals surface area contributed by atoms with Gasteiger partial charge in [-0.2, -0.15) is 0 Å². The summed E-state index contributed by atoms with van der Waals surface area (Å²) in [7, 11) is 0. The predicted molar refractivity (Wildman–Crippen MR) is 126 cm³/mol. The third-order valence-corrected chi connectivity index (χ3v) is 6.71. The van der Waals surface area contributed by atoms with Crippen molar-refractivity contribution in [3.05, 3.63) is 53.2 Å². The molecule has 2 N–H and O–H groups in total. The number of aryl methyl sites for hydroxylation is 1. The molecule has 2 fully saturated rings. The fraction of sp³-hybridized carbons (Fsp3) is 0.560. The Kier molecular flexibility index (Phi) is 10.1. The number of ether oxygens (including phenoxy) is 1. The van der Waals surface area contributed by atoms with Crippen LogP contribution in [0.3, 0.4) is 0 Å². The van der Waals surface area contributed by atoms with Gasteiger partial charge in [0.05, 0.1) is 18.1 Å². The molecule has 0 saturated carbocycles. The van der Waals surface area contributed by atoms with Crippen LogP contribution in [0.1, 0.15) is 78.9 Å². The van der Waals surface area contributed by atoms with Crippen molar-refractivity contribution in [2.24, 2.45) is 5.92 Å². The van der Waals surface area contributed by atoms with Crippen LogP contribution in [-0.4, -0.2) is 92.1 Å². The molecule has 0 aliphatic carbocycles. The number of aromatic nitrogens is 1. The van der Waals surface area contributed by atoms with Crippen LogP contribution in [-0.2, 0) is 22.4 Å². The van der Waals surface area contributed by atoms with E-state index in [1.807, 2.05) is 18.2 Å². The third kappa shape index (κ3) is 6.55. The Hall–Kier alpha value is -1.03. The van der Waals surface area contributed by atoms with Gasteiger partial charge in [0.15, 0.2) is 5.69 Å². The second kappa shape index (κ2) is 12.6. The Morgan fingerprint density at radius 2 is 1.91 bits per heavy atom. The predicted octanol–water partition coefficient (Wildman–Crippen LogP) is 3.47. The zero-order valence-corrected chi connectivity index (χ0v) is 18.6. The topological polar surface area (TPSA) is 102 Å². The zero-order chi connectivity index (χ0) is 22.5. The van der Waals surface area contributed by atoms with Crippen molar-refractivity contribution in [3.63, 3.8) is 0 Å². The monoisotopic (exact) mass is 480 g/mol. The Bertz CT molecular complexity index is 946. The number of rotatable bonds is 11. The summed E-state index contributed by atoms with van der Waals surface area (Å²) in [4.78, 5) is 28.0. The summed E-state index contributed by atoms with van der Waals surface area (Å²) in [6.07, 6.45) is 8.17. The van der Waals surface area contributed by atoms with E-state index in [1.54, 1.807) is 0 Å². The molecule has 2 bridgehead atoms. The number of fused-ring (bicyclic) bond motifs is 2. The molecule has 1 amide bonds. The van der Waals surface area contributed by atoms with E-state index >= 15 is 0 Å². The van der Waals surface area contributed by atoms with Crippen molar-refractivity contribution in [2.75, 3.05) is 6.54 Å². The summed E-state index contributed by atoms with van der Waals surface area (Å²) >= 11 is 0. The van der Waals surface area contributed by atoms with Gasteiger partial charge in [0.2, 0.25) is 5.89 Å². The van der Waals surface area contributed by atoms with E-state index in [1.165, 1.54) is 6.26 Å². The van der Waals surface area contributed by atoms with Crippen molar-refractivity contribution < 1.29 is 23.8 Å². The van der Waals surface area contributed by atoms with Crippen LogP contribution >= 0.6 is 0 Å². The van der Waals surface area contributed by atoms with Gasteiger partial charge >= 0.3 is 57.4 Å². The first-order valence-corrected chi connectivity index (χ1v) is 11.7. The number of hydrogen-bond donors (Lipinski definition) is 2. The molecule has 0 unspecified atom stereocenters. The van der Waals surface area contributed by atoms with Crippen molar-refractivity contribution in [1.82, 2.24) is 10.3 Å². The van der Waals surface area contributed by atoms with Crippen molar-refractivity contribution in [1.29, 1.82) is 0 Å². The average Bonchev–Trinajstić information content (AvgIpc) is 3.52. The summed E-state index contributed by atoms with van der Waals surface area (Å²) in [5, 5.41) is 12.0. The zero-order valence-electron chi connectivity index (χ0n) is 18.6. The first-order valence-electron chi connectivity index (χ1n) is 11.7. The maximum atomic E-state index is 12.4. The van der Waals surface area contributed by atoms with Crippen molar-refractivity contribution in [3.8, 4) is 0 Å². The van der Waals surface area contributed by atoms with Gasteiger partial charge in [0, 0.05) is 18.9 Å². The van der Waals surface area contributed by atoms with Gasteiger partial charge in [0.25, 0.3) is 5.91 Å². The molecule has 2 aromatic rings. The number of hydrogen-bond acceptors (Lipinski definition) is 5. The van der Waals surface area contributed by atoms with Gasteiger partial charge in [-0.05, 0) is 43.2 Å². The van der Waals surface area contributed by atoms with Crippen LogP contribution in [0, 0.1) is 5.92 Å². The molecule has 8 heteroatoms. The fourth-order valence-corrected chi connectivity index (χ4v) is 5.08. The number of carboxylic acid groups (broad SMARTS) is 1. The molecule has 4 rings (SSSR count). The van der Waals surface area contributed by atoms with Gasteiger partial charge in [-0.3, -0.25) is 9.59 Å². The number of nitrogens with one attached hydrogen (secondary N) is 1. The molecule has 33 heavy (non-hydrogen) atoms. The van der Waals surface area contributed by atoms with E-state index in [0.717, 1.165) is 49.7 Å². The molecular weight excluding hydrogens is 447 g/mol. The first kappa shape index (κ1) is 26.6. The summed E-state index contributed by atoms with van der Waals surface area (Å²) in [5.74, 6) is -0.220. The first-order chi connectivity index (χ1) is 15.6. The number of carbonyl (C=O) groups excluding carboxylic acids is 1. The molecule has 3 heterocycles. The molecule has 174 valence electrons. The standard InChI is InChI=1S/C25H32N2O5.K.H/c1-2-3-6-13-26-24(30)19-15-31-25(27-19)23-18(20-10-11-21(23)32-20)14-17-8-5-4-7-16(17)9-12-22(28)29;;/h4-5,7-8,15,18,20-21,23H,2-3,6,9-14H2,1H3,(H,26,30)(H,28,29);;/t18-,20-,21+,23+;;/m0../s1. The minimum atomic E-state index is -0.791. The van der Waals surface area contributed by atoms with Crippen LogP contribution in [0.2, 0.25) is 0 Å². The molecular formula is C25H33KN2O5. The Balaban J connectivity index is 0.00000306. The number of oxazole rings is 1. The Morgan fingerprint density at radius 1 is 1.15 bits per heavy atom. The number of nitrogens with zero attached hydrogens (tertiary/aromatic N) is 1. The SMILES string of the molecule is CCCCCNC(=O)c1coc([C@@H]2[C@@H](Cc3ccccc3CCC(=O)O)[C@@H]3CC[C@H]2O3)n1.[KH]. The van der Waals surface area contributed by atoms with E-state index in [-0.39, 0.29) is 87.8 Å². The van der Waals surface area contributed by atoms with Gasteiger partial charge in [-0.15, -0.1) is 0 Å². The van der Waals surface area contributed by atoms with E-state index < -0.39 is 5.97 Å². The molecule has 4 atom stereocenters. The molecule has 0 radical (unpaired) electrons. The van der Waals surface area contributed by atoms with Crippen LogP contribution in [0.25, 0.3) is 0 Å².